The minimum absolute atomic E-state index is 0.0606. The van der Waals surface area contributed by atoms with Gasteiger partial charge in [-0.3, -0.25) is 9.78 Å². The smallest absolute Gasteiger partial charge is 0.255 e. The second kappa shape index (κ2) is 6.10. The third-order valence-electron chi connectivity index (χ3n) is 4.11. The van der Waals surface area contributed by atoms with Crippen LogP contribution in [0.1, 0.15) is 36.0 Å². The molecule has 5 heteroatoms. The maximum absolute atomic E-state index is 12.7. The fraction of sp³-hybridized carbons (Fsp3) is 0.600. The lowest BCUT2D eigenvalue weighted by Crippen LogP contribution is -2.42. The van der Waals surface area contributed by atoms with E-state index in [2.05, 4.69) is 10.3 Å². The van der Waals surface area contributed by atoms with Crippen molar-refractivity contribution in [3.63, 3.8) is 0 Å². The van der Waals surface area contributed by atoms with Gasteiger partial charge in [-0.05, 0) is 50.8 Å². The minimum Gasteiger partial charge on any atom is -0.335 e. The van der Waals surface area contributed by atoms with Gasteiger partial charge in [-0.2, -0.15) is 0 Å². The summed E-state index contributed by atoms with van der Waals surface area (Å²) >= 11 is 6.11. The van der Waals surface area contributed by atoms with Crippen molar-refractivity contribution < 1.29 is 4.79 Å². The first-order valence-electron chi connectivity index (χ1n) is 7.37. The summed E-state index contributed by atoms with van der Waals surface area (Å²) in [5.74, 6) is 0.624. The molecule has 1 saturated carbocycles. The molecule has 20 heavy (non-hydrogen) atoms. The molecule has 0 radical (unpaired) electrons. The van der Waals surface area contributed by atoms with E-state index in [4.69, 9.17) is 11.6 Å². The highest BCUT2D eigenvalue weighted by atomic mass is 35.5. The number of halogens is 1. The summed E-state index contributed by atoms with van der Waals surface area (Å²) in [6.45, 7) is 2.96. The van der Waals surface area contributed by atoms with Gasteiger partial charge in [0.25, 0.3) is 5.91 Å². The van der Waals surface area contributed by atoms with Crippen LogP contribution >= 0.6 is 11.6 Å². The van der Waals surface area contributed by atoms with E-state index in [9.17, 15) is 4.79 Å². The Balaban J connectivity index is 1.73. The normalized spacial score (nSPS) is 22.6. The molecule has 1 aromatic rings. The van der Waals surface area contributed by atoms with Crippen LogP contribution in [0.4, 0.5) is 0 Å². The van der Waals surface area contributed by atoms with E-state index in [1.807, 2.05) is 4.90 Å². The summed E-state index contributed by atoms with van der Waals surface area (Å²) in [7, 11) is 0. The molecule has 108 valence electrons. The van der Waals surface area contributed by atoms with E-state index < -0.39 is 0 Å². The Hall–Kier alpha value is -1.13. The highest BCUT2D eigenvalue weighted by molar-refractivity contribution is 6.33. The van der Waals surface area contributed by atoms with Crippen molar-refractivity contribution in [1.82, 2.24) is 15.2 Å². The number of aromatic nitrogens is 1. The predicted molar refractivity (Wildman–Crippen MR) is 78.9 cm³/mol. The van der Waals surface area contributed by atoms with E-state index in [-0.39, 0.29) is 5.91 Å². The second-order valence-corrected chi connectivity index (χ2v) is 6.16. The Kier molecular flexibility index (Phi) is 4.22. The van der Waals surface area contributed by atoms with Gasteiger partial charge in [-0.25, -0.2) is 0 Å². The minimum atomic E-state index is 0.0606. The number of nitrogens with one attached hydrogen (secondary N) is 1. The molecule has 1 aromatic heterocycles. The van der Waals surface area contributed by atoms with E-state index in [1.165, 1.54) is 12.8 Å². The number of piperidine rings is 1. The van der Waals surface area contributed by atoms with E-state index in [0.717, 1.165) is 32.5 Å². The number of carbonyl (C=O) groups is 1. The van der Waals surface area contributed by atoms with Crippen LogP contribution in [0.5, 0.6) is 0 Å². The van der Waals surface area contributed by atoms with Gasteiger partial charge in [0.15, 0.2) is 0 Å². The maximum atomic E-state index is 12.7. The van der Waals surface area contributed by atoms with Gasteiger partial charge >= 0.3 is 0 Å². The van der Waals surface area contributed by atoms with Crippen molar-refractivity contribution in [3.05, 3.63) is 29.0 Å². The van der Waals surface area contributed by atoms with Gasteiger partial charge in [0.1, 0.15) is 0 Å². The Morgan fingerprint density at radius 2 is 2.30 bits per heavy atom. The summed E-state index contributed by atoms with van der Waals surface area (Å²) in [4.78, 5) is 18.7. The van der Waals surface area contributed by atoms with E-state index >= 15 is 0 Å². The van der Waals surface area contributed by atoms with Crippen LogP contribution in [0.2, 0.25) is 5.02 Å². The zero-order chi connectivity index (χ0) is 13.9. The van der Waals surface area contributed by atoms with Gasteiger partial charge in [0, 0.05) is 25.0 Å². The highest BCUT2D eigenvalue weighted by Gasteiger charge is 2.35. The van der Waals surface area contributed by atoms with Crippen LogP contribution in [0.15, 0.2) is 18.5 Å². The van der Waals surface area contributed by atoms with Gasteiger partial charge in [-0.15, -0.1) is 0 Å². The summed E-state index contributed by atoms with van der Waals surface area (Å²) < 4.78 is 0. The van der Waals surface area contributed by atoms with Crippen LogP contribution in [0.25, 0.3) is 0 Å². The van der Waals surface area contributed by atoms with Crippen LogP contribution in [-0.4, -0.2) is 41.5 Å². The molecule has 1 aliphatic heterocycles. The highest BCUT2D eigenvalue weighted by Crippen LogP contribution is 2.31. The number of hydrogen-bond donors (Lipinski definition) is 1. The number of amides is 1. The number of rotatable bonds is 4. The van der Waals surface area contributed by atoms with Crippen LogP contribution < -0.4 is 5.32 Å². The summed E-state index contributed by atoms with van der Waals surface area (Å²) in [6.07, 6.45) is 7.82. The van der Waals surface area contributed by atoms with Crippen LogP contribution in [-0.2, 0) is 0 Å². The van der Waals surface area contributed by atoms with Crippen molar-refractivity contribution in [2.24, 2.45) is 5.92 Å². The second-order valence-electron chi connectivity index (χ2n) is 5.76. The summed E-state index contributed by atoms with van der Waals surface area (Å²) in [5.41, 5.74) is 0.581. The molecule has 2 aliphatic rings. The van der Waals surface area contributed by atoms with E-state index in [1.54, 1.807) is 18.5 Å². The average molecular weight is 294 g/mol. The van der Waals surface area contributed by atoms with Crippen molar-refractivity contribution in [2.45, 2.75) is 31.7 Å². The average Bonchev–Trinajstić information content (AvgIpc) is 3.30. The van der Waals surface area contributed by atoms with Crippen molar-refractivity contribution >= 4 is 17.5 Å². The third kappa shape index (κ3) is 3.13. The quantitative estimate of drug-likeness (QED) is 0.927. The molecule has 1 aliphatic carbocycles. The van der Waals surface area contributed by atoms with Gasteiger partial charge in [0.2, 0.25) is 0 Å². The Morgan fingerprint density at radius 3 is 2.95 bits per heavy atom. The first kappa shape index (κ1) is 13.8. The molecule has 0 bridgehead atoms. The first-order chi connectivity index (χ1) is 9.75. The Labute approximate surface area is 124 Å². The predicted octanol–water partition coefficient (Wildman–Crippen LogP) is 2.34. The van der Waals surface area contributed by atoms with Crippen LogP contribution in [0.3, 0.4) is 0 Å². The van der Waals surface area contributed by atoms with Crippen molar-refractivity contribution in [1.29, 1.82) is 0 Å². The fourth-order valence-electron chi connectivity index (χ4n) is 2.85. The summed E-state index contributed by atoms with van der Waals surface area (Å²) in [5, 5.41) is 3.86. The summed E-state index contributed by atoms with van der Waals surface area (Å²) in [6, 6.07) is 2.13. The lowest BCUT2D eigenvalue weighted by Gasteiger charge is -2.30. The molecule has 1 N–H and O–H groups in total. The largest absolute Gasteiger partial charge is 0.335 e. The number of nitrogens with zero attached hydrogens (tertiary/aromatic N) is 2. The zero-order valence-electron chi connectivity index (χ0n) is 11.5. The zero-order valence-corrected chi connectivity index (χ0v) is 12.3. The molecule has 4 nitrogen and oxygen atoms in total. The van der Waals surface area contributed by atoms with Crippen LogP contribution in [0, 0.1) is 5.92 Å². The molecule has 1 saturated heterocycles. The number of hydrogen-bond acceptors (Lipinski definition) is 3. The van der Waals surface area contributed by atoms with Gasteiger partial charge in [0.05, 0.1) is 10.6 Å². The first-order valence-corrected chi connectivity index (χ1v) is 7.74. The lowest BCUT2D eigenvalue weighted by molar-refractivity contribution is 0.0704. The molecule has 2 fully saturated rings. The topological polar surface area (TPSA) is 45.2 Å². The maximum Gasteiger partial charge on any atom is 0.255 e. The molecular formula is C15H20ClN3O. The van der Waals surface area contributed by atoms with Crippen molar-refractivity contribution in [3.8, 4) is 0 Å². The molecule has 1 atom stereocenters. The Morgan fingerprint density at radius 1 is 1.45 bits per heavy atom. The molecule has 2 heterocycles. The molecule has 1 unspecified atom stereocenters. The standard InChI is InChI=1S/C15H20ClN3O/c16-14-9-18-7-5-13(14)15(20)19(12-3-4-12)10-11-2-1-6-17-8-11/h5,7,9,11-12,17H,1-4,6,8,10H2. The molecule has 3 rings (SSSR count). The molecular weight excluding hydrogens is 274 g/mol. The van der Waals surface area contributed by atoms with Crippen molar-refractivity contribution in [2.75, 3.05) is 19.6 Å². The van der Waals surface area contributed by atoms with E-state index in [0.29, 0.717) is 22.5 Å². The molecule has 1 amide bonds. The lowest BCUT2D eigenvalue weighted by atomic mass is 9.98. The van der Waals surface area contributed by atoms with Gasteiger partial charge in [-0.1, -0.05) is 11.6 Å². The number of pyridine rings is 1. The fourth-order valence-corrected chi connectivity index (χ4v) is 3.05. The third-order valence-corrected chi connectivity index (χ3v) is 4.41. The number of carbonyl (C=O) groups excluding carboxylic acids is 1. The molecule has 0 aromatic carbocycles. The Bertz CT molecular complexity index is 484. The SMILES string of the molecule is O=C(c1ccncc1Cl)N(CC1CCCNC1)C1CC1. The van der Waals surface area contributed by atoms with Gasteiger partial charge < -0.3 is 10.2 Å². The molecule has 0 spiro atoms. The monoisotopic (exact) mass is 293 g/mol.